The van der Waals surface area contributed by atoms with Crippen molar-refractivity contribution in [3.8, 4) is 0 Å². The van der Waals surface area contributed by atoms with Gasteiger partial charge in [0.05, 0.1) is 0 Å². The summed E-state index contributed by atoms with van der Waals surface area (Å²) >= 11 is 0. The van der Waals surface area contributed by atoms with Crippen molar-refractivity contribution < 1.29 is 19.1 Å². The average Bonchev–Trinajstić information content (AvgIpc) is 3.46. The van der Waals surface area contributed by atoms with E-state index in [9.17, 15) is 14.4 Å². The maximum Gasteiger partial charge on any atom is 0.408 e. The minimum absolute atomic E-state index is 0.0190. The molecular formula is C24H37N3O4. The van der Waals surface area contributed by atoms with Gasteiger partial charge in [0.25, 0.3) is 0 Å². The first-order chi connectivity index (χ1) is 14.3. The zero-order chi connectivity index (χ0) is 23.4. The molecule has 0 aliphatic heterocycles. The fourth-order valence-electron chi connectivity index (χ4n) is 3.28. The van der Waals surface area contributed by atoms with Crippen LogP contribution in [0.15, 0.2) is 24.3 Å². The van der Waals surface area contributed by atoms with Crippen molar-refractivity contribution in [2.45, 2.75) is 91.0 Å². The zero-order valence-corrected chi connectivity index (χ0v) is 19.9. The first kappa shape index (κ1) is 24.7. The third kappa shape index (κ3) is 7.89. The smallest absolute Gasteiger partial charge is 0.408 e. The Morgan fingerprint density at radius 3 is 2.10 bits per heavy atom. The van der Waals surface area contributed by atoms with E-state index in [1.165, 1.54) is 0 Å². The van der Waals surface area contributed by atoms with Gasteiger partial charge in [-0.05, 0) is 71.9 Å². The number of hydrogen-bond donors (Lipinski definition) is 2. The van der Waals surface area contributed by atoms with Crippen LogP contribution in [0.25, 0.3) is 0 Å². The second-order valence-electron chi connectivity index (χ2n) is 10.1. The molecule has 1 unspecified atom stereocenters. The minimum atomic E-state index is -0.759. The first-order valence-electron chi connectivity index (χ1n) is 11.0. The molecule has 1 aliphatic carbocycles. The molecule has 0 heterocycles. The summed E-state index contributed by atoms with van der Waals surface area (Å²) in [6.45, 7) is 12.9. The molecule has 2 rings (SSSR count). The van der Waals surface area contributed by atoms with Crippen molar-refractivity contribution in [1.29, 1.82) is 0 Å². The average molecular weight is 432 g/mol. The van der Waals surface area contributed by atoms with Gasteiger partial charge in [-0.15, -0.1) is 0 Å². The van der Waals surface area contributed by atoms with E-state index in [1.807, 2.05) is 45.0 Å². The van der Waals surface area contributed by atoms with Gasteiger partial charge in [0.2, 0.25) is 11.8 Å². The van der Waals surface area contributed by atoms with Crippen LogP contribution in [0.4, 0.5) is 4.79 Å². The lowest BCUT2D eigenvalue weighted by atomic mass is 9.99. The maximum absolute atomic E-state index is 13.3. The third-order valence-corrected chi connectivity index (χ3v) is 4.74. The molecule has 1 aromatic carbocycles. The summed E-state index contributed by atoms with van der Waals surface area (Å²) in [7, 11) is 0. The number of nitrogens with zero attached hydrogens (tertiary/aromatic N) is 1. The van der Waals surface area contributed by atoms with Crippen LogP contribution >= 0.6 is 0 Å². The predicted molar refractivity (Wildman–Crippen MR) is 121 cm³/mol. The van der Waals surface area contributed by atoms with E-state index in [2.05, 4.69) is 17.6 Å². The number of alkyl carbamates (subject to hydrolysis) is 1. The molecule has 0 radical (unpaired) electrons. The molecule has 0 bridgehead atoms. The van der Waals surface area contributed by atoms with Crippen molar-refractivity contribution in [1.82, 2.24) is 15.5 Å². The summed E-state index contributed by atoms with van der Waals surface area (Å²) in [5.74, 6) is -0.531. The zero-order valence-electron chi connectivity index (χ0n) is 19.9. The molecule has 3 amide bonds. The molecule has 7 nitrogen and oxygen atoms in total. The highest BCUT2D eigenvalue weighted by Crippen LogP contribution is 2.35. The second-order valence-corrected chi connectivity index (χ2v) is 10.1. The van der Waals surface area contributed by atoms with Gasteiger partial charge in [-0.2, -0.15) is 0 Å². The van der Waals surface area contributed by atoms with Crippen molar-refractivity contribution in [3.05, 3.63) is 35.4 Å². The summed E-state index contributed by atoms with van der Waals surface area (Å²) in [6, 6.07) is 7.02. The summed E-state index contributed by atoms with van der Waals surface area (Å²) in [6.07, 6.45) is 1.92. The van der Waals surface area contributed by atoms with Gasteiger partial charge in [-0.3, -0.25) is 9.59 Å². The molecule has 1 atom stereocenters. The van der Waals surface area contributed by atoms with Gasteiger partial charge in [-0.25, -0.2) is 4.79 Å². The Morgan fingerprint density at radius 2 is 1.65 bits per heavy atom. The quantitative estimate of drug-likeness (QED) is 0.689. The van der Waals surface area contributed by atoms with Crippen LogP contribution in [0.1, 0.15) is 78.5 Å². The summed E-state index contributed by atoms with van der Waals surface area (Å²) in [4.78, 5) is 40.1. The number of rotatable bonds is 7. The molecule has 1 aliphatic rings. The van der Waals surface area contributed by atoms with Crippen LogP contribution in [-0.4, -0.2) is 46.5 Å². The maximum atomic E-state index is 13.3. The molecule has 7 heteroatoms. The fraction of sp³-hybridized carbons (Fsp3) is 0.625. The van der Waals surface area contributed by atoms with Crippen molar-refractivity contribution in [3.63, 3.8) is 0 Å². The highest BCUT2D eigenvalue weighted by Gasteiger charge is 2.42. The summed E-state index contributed by atoms with van der Waals surface area (Å²) in [5, 5.41) is 5.55. The Bertz CT molecular complexity index is 787. The number of nitrogens with one attached hydrogen (secondary N) is 2. The molecule has 172 valence electrons. The highest BCUT2D eigenvalue weighted by atomic mass is 16.6. The number of carbonyl (C=O) groups excluding carboxylic acids is 3. The Morgan fingerprint density at radius 1 is 1.06 bits per heavy atom. The molecule has 1 fully saturated rings. The molecule has 31 heavy (non-hydrogen) atoms. The Kier molecular flexibility index (Phi) is 7.73. The van der Waals surface area contributed by atoms with Gasteiger partial charge in [-0.1, -0.05) is 31.2 Å². The fourth-order valence-corrected chi connectivity index (χ4v) is 3.28. The van der Waals surface area contributed by atoms with Crippen LogP contribution in [-0.2, 0) is 20.7 Å². The first-order valence-corrected chi connectivity index (χ1v) is 11.0. The number of aryl methyl sites for hydroxylation is 1. The Labute approximate surface area is 185 Å². The second kappa shape index (κ2) is 9.71. The molecule has 1 saturated carbocycles. The van der Waals surface area contributed by atoms with Gasteiger partial charge >= 0.3 is 6.09 Å². The summed E-state index contributed by atoms with van der Waals surface area (Å²) < 4.78 is 5.23. The van der Waals surface area contributed by atoms with Crippen molar-refractivity contribution in [2.24, 2.45) is 0 Å². The molecular weight excluding hydrogens is 394 g/mol. The van der Waals surface area contributed by atoms with E-state index in [0.29, 0.717) is 0 Å². The minimum Gasteiger partial charge on any atom is -0.444 e. The van der Waals surface area contributed by atoms with E-state index in [0.717, 1.165) is 30.4 Å². The van der Waals surface area contributed by atoms with Crippen LogP contribution in [0.5, 0.6) is 0 Å². The van der Waals surface area contributed by atoms with E-state index < -0.39 is 23.3 Å². The van der Waals surface area contributed by atoms with Gasteiger partial charge in [0, 0.05) is 11.6 Å². The number of carbonyl (C=O) groups is 3. The topological polar surface area (TPSA) is 87.7 Å². The third-order valence-electron chi connectivity index (χ3n) is 4.74. The lowest BCUT2D eigenvalue weighted by Crippen LogP contribution is -2.52. The molecule has 0 saturated heterocycles. The van der Waals surface area contributed by atoms with Gasteiger partial charge in [0.15, 0.2) is 0 Å². The normalized spacial score (nSPS) is 15.1. The number of amides is 3. The number of ether oxygens (including phenoxy) is 1. The monoisotopic (exact) mass is 431 g/mol. The SMILES string of the molecule is CCc1ccc(C(C(=O)NC(C)(C)C)N(C(=O)CNC(=O)OC(C)(C)C)C2CC2)cc1. The van der Waals surface area contributed by atoms with Gasteiger partial charge < -0.3 is 20.3 Å². The summed E-state index contributed by atoms with van der Waals surface area (Å²) in [5.41, 5.74) is 0.830. The Hall–Kier alpha value is -2.57. The van der Waals surface area contributed by atoms with E-state index in [4.69, 9.17) is 4.74 Å². The molecule has 1 aromatic rings. The van der Waals surface area contributed by atoms with E-state index in [-0.39, 0.29) is 24.4 Å². The van der Waals surface area contributed by atoms with Crippen LogP contribution < -0.4 is 10.6 Å². The Balaban J connectivity index is 2.27. The predicted octanol–water partition coefficient (Wildman–Crippen LogP) is 3.72. The molecule has 0 spiro atoms. The highest BCUT2D eigenvalue weighted by molar-refractivity contribution is 5.91. The van der Waals surface area contributed by atoms with Gasteiger partial charge in [0.1, 0.15) is 18.2 Å². The van der Waals surface area contributed by atoms with Crippen LogP contribution in [0.3, 0.4) is 0 Å². The van der Waals surface area contributed by atoms with Crippen LogP contribution in [0, 0.1) is 0 Å². The van der Waals surface area contributed by atoms with E-state index in [1.54, 1.807) is 25.7 Å². The molecule has 0 aromatic heterocycles. The lowest BCUT2D eigenvalue weighted by Gasteiger charge is -2.34. The lowest BCUT2D eigenvalue weighted by molar-refractivity contribution is -0.141. The number of hydrogen-bond acceptors (Lipinski definition) is 4. The largest absolute Gasteiger partial charge is 0.444 e. The standard InChI is InChI=1S/C24H37N3O4/c1-8-16-9-11-17(12-10-16)20(21(29)26-23(2,3)4)27(18-13-14-18)19(28)15-25-22(30)31-24(5,6)7/h9-12,18,20H,8,13-15H2,1-7H3,(H,25,30)(H,26,29). The van der Waals surface area contributed by atoms with Crippen LogP contribution in [0.2, 0.25) is 0 Å². The van der Waals surface area contributed by atoms with E-state index >= 15 is 0 Å². The van der Waals surface area contributed by atoms with Crippen molar-refractivity contribution in [2.75, 3.05) is 6.54 Å². The number of benzene rings is 1. The molecule has 2 N–H and O–H groups in total. The van der Waals surface area contributed by atoms with Crippen molar-refractivity contribution >= 4 is 17.9 Å².